The van der Waals surface area contributed by atoms with Gasteiger partial charge in [-0.2, -0.15) is 0 Å². The van der Waals surface area contributed by atoms with Crippen molar-refractivity contribution in [3.05, 3.63) is 63.9 Å². The van der Waals surface area contributed by atoms with Gasteiger partial charge in [-0.15, -0.1) is 11.3 Å². The van der Waals surface area contributed by atoms with E-state index in [1.807, 2.05) is 12.3 Å². The van der Waals surface area contributed by atoms with Gasteiger partial charge < -0.3 is 15.1 Å². The van der Waals surface area contributed by atoms with Crippen LogP contribution in [0.3, 0.4) is 0 Å². The van der Waals surface area contributed by atoms with Crippen molar-refractivity contribution in [1.29, 1.82) is 0 Å². The Morgan fingerprint density at radius 2 is 1.97 bits per heavy atom. The minimum atomic E-state index is -0.808. The van der Waals surface area contributed by atoms with Gasteiger partial charge >= 0.3 is 0 Å². The summed E-state index contributed by atoms with van der Waals surface area (Å²) in [6, 6.07) is 8.42. The standard InChI is InChI=1S/C21H22FN3O3S/c1-12(2)19(25-20(26)15-6-4-5-7-16(15)22)21(27)23-10-14-8-9-18(28-14)17-11-29-13(3)24-17/h4-9,11-12,19H,10H2,1-3H3,(H,23,27)(H,25,26). The number of hydrogen-bond donors (Lipinski definition) is 2. The minimum Gasteiger partial charge on any atom is -0.458 e. The molecule has 0 bridgehead atoms. The Hall–Kier alpha value is -3.00. The van der Waals surface area contributed by atoms with Crippen LogP contribution in [0.4, 0.5) is 4.39 Å². The van der Waals surface area contributed by atoms with E-state index in [-0.39, 0.29) is 23.9 Å². The highest BCUT2D eigenvalue weighted by Gasteiger charge is 2.25. The molecule has 152 valence electrons. The highest BCUT2D eigenvalue weighted by Crippen LogP contribution is 2.23. The summed E-state index contributed by atoms with van der Waals surface area (Å²) >= 11 is 1.53. The van der Waals surface area contributed by atoms with Crippen molar-refractivity contribution in [2.45, 2.75) is 33.4 Å². The Balaban J connectivity index is 1.62. The third kappa shape index (κ3) is 5.08. The first-order valence-electron chi connectivity index (χ1n) is 9.19. The van der Waals surface area contributed by atoms with Crippen LogP contribution < -0.4 is 10.6 Å². The molecule has 29 heavy (non-hydrogen) atoms. The summed E-state index contributed by atoms with van der Waals surface area (Å²) < 4.78 is 19.6. The van der Waals surface area contributed by atoms with Gasteiger partial charge in [0.1, 0.15) is 23.3 Å². The maximum Gasteiger partial charge on any atom is 0.254 e. The van der Waals surface area contributed by atoms with E-state index < -0.39 is 17.8 Å². The number of nitrogens with one attached hydrogen (secondary N) is 2. The van der Waals surface area contributed by atoms with E-state index in [9.17, 15) is 14.0 Å². The second-order valence-corrected chi connectivity index (χ2v) is 7.97. The summed E-state index contributed by atoms with van der Waals surface area (Å²) in [5.74, 6) is -0.610. The zero-order valence-corrected chi connectivity index (χ0v) is 17.2. The molecule has 0 aliphatic heterocycles. The zero-order chi connectivity index (χ0) is 21.0. The van der Waals surface area contributed by atoms with Crippen LogP contribution >= 0.6 is 11.3 Å². The molecular formula is C21H22FN3O3S. The number of aryl methyl sites for hydroxylation is 1. The number of rotatable bonds is 7. The Bertz CT molecular complexity index is 1010. The fourth-order valence-electron chi connectivity index (χ4n) is 2.77. The van der Waals surface area contributed by atoms with Crippen molar-refractivity contribution in [2.75, 3.05) is 0 Å². The molecule has 1 unspecified atom stereocenters. The summed E-state index contributed by atoms with van der Waals surface area (Å²) in [6.07, 6.45) is 0. The van der Waals surface area contributed by atoms with Gasteiger partial charge in [0.15, 0.2) is 5.76 Å². The van der Waals surface area contributed by atoms with Gasteiger partial charge in [0.2, 0.25) is 5.91 Å². The van der Waals surface area contributed by atoms with E-state index >= 15 is 0 Å². The normalized spacial score (nSPS) is 12.0. The number of hydrogen-bond acceptors (Lipinski definition) is 5. The van der Waals surface area contributed by atoms with Crippen molar-refractivity contribution in [2.24, 2.45) is 5.92 Å². The Kier molecular flexibility index (Phi) is 6.43. The molecule has 1 aromatic carbocycles. The van der Waals surface area contributed by atoms with Crippen molar-refractivity contribution in [3.63, 3.8) is 0 Å². The fraction of sp³-hybridized carbons (Fsp3) is 0.286. The molecule has 2 aromatic heterocycles. The van der Waals surface area contributed by atoms with Gasteiger partial charge in [-0.3, -0.25) is 9.59 Å². The second kappa shape index (κ2) is 9.00. The van der Waals surface area contributed by atoms with Crippen molar-refractivity contribution in [1.82, 2.24) is 15.6 Å². The van der Waals surface area contributed by atoms with E-state index in [2.05, 4.69) is 15.6 Å². The van der Waals surface area contributed by atoms with Gasteiger partial charge in [0.05, 0.1) is 17.1 Å². The molecule has 1 atom stereocenters. The van der Waals surface area contributed by atoms with Crippen LogP contribution in [0.5, 0.6) is 0 Å². The molecule has 0 aliphatic rings. The topological polar surface area (TPSA) is 84.2 Å². The molecule has 0 fully saturated rings. The predicted molar refractivity (Wildman–Crippen MR) is 109 cm³/mol. The lowest BCUT2D eigenvalue weighted by Crippen LogP contribution is -2.49. The Morgan fingerprint density at radius 3 is 2.62 bits per heavy atom. The van der Waals surface area contributed by atoms with Gasteiger partial charge in [-0.25, -0.2) is 9.37 Å². The highest BCUT2D eigenvalue weighted by atomic mass is 32.1. The van der Waals surface area contributed by atoms with Crippen LogP contribution in [0, 0.1) is 18.7 Å². The number of halogens is 1. The Morgan fingerprint density at radius 1 is 1.21 bits per heavy atom. The molecule has 0 aliphatic carbocycles. The van der Waals surface area contributed by atoms with Crippen LogP contribution in [-0.2, 0) is 11.3 Å². The number of nitrogens with zero attached hydrogens (tertiary/aromatic N) is 1. The molecule has 0 spiro atoms. The van der Waals surface area contributed by atoms with E-state index in [0.717, 1.165) is 10.7 Å². The van der Waals surface area contributed by atoms with E-state index in [0.29, 0.717) is 11.5 Å². The minimum absolute atomic E-state index is 0.0971. The number of carbonyl (C=O) groups is 2. The summed E-state index contributed by atoms with van der Waals surface area (Å²) in [6.45, 7) is 5.70. The first-order chi connectivity index (χ1) is 13.8. The second-order valence-electron chi connectivity index (χ2n) is 6.91. The van der Waals surface area contributed by atoms with Crippen LogP contribution in [0.15, 0.2) is 46.2 Å². The molecule has 2 amide bonds. The summed E-state index contributed by atoms with van der Waals surface area (Å²) in [5.41, 5.74) is 0.655. The lowest BCUT2D eigenvalue weighted by molar-refractivity contribution is -0.124. The number of thiazole rings is 1. The molecule has 0 saturated heterocycles. The summed E-state index contributed by atoms with van der Waals surface area (Å²) in [5, 5.41) is 8.22. The van der Waals surface area contributed by atoms with Crippen molar-refractivity contribution < 1.29 is 18.4 Å². The number of benzene rings is 1. The first kappa shape index (κ1) is 20.7. The van der Waals surface area contributed by atoms with Gasteiger partial charge in [0, 0.05) is 5.38 Å². The number of furan rings is 1. The van der Waals surface area contributed by atoms with Crippen LogP contribution in [0.1, 0.15) is 35.0 Å². The smallest absolute Gasteiger partial charge is 0.254 e. The maximum absolute atomic E-state index is 13.8. The fourth-order valence-corrected chi connectivity index (χ4v) is 3.37. The lowest BCUT2D eigenvalue weighted by atomic mass is 10.0. The average molecular weight is 415 g/mol. The predicted octanol–water partition coefficient (Wildman–Crippen LogP) is 3.92. The molecule has 6 nitrogen and oxygen atoms in total. The number of aromatic nitrogens is 1. The van der Waals surface area contributed by atoms with E-state index in [4.69, 9.17) is 4.42 Å². The number of amides is 2. The van der Waals surface area contributed by atoms with Gasteiger partial charge in [0.25, 0.3) is 5.91 Å². The van der Waals surface area contributed by atoms with E-state index in [1.165, 1.54) is 29.5 Å². The van der Waals surface area contributed by atoms with Crippen molar-refractivity contribution in [3.8, 4) is 11.5 Å². The SMILES string of the molecule is Cc1nc(-c2ccc(CNC(=O)C(NC(=O)c3ccccc3F)C(C)C)o2)cs1. The molecule has 2 N–H and O–H groups in total. The molecule has 3 aromatic rings. The number of carbonyl (C=O) groups excluding carboxylic acids is 2. The Labute approximate surface area is 172 Å². The van der Waals surface area contributed by atoms with E-state index in [1.54, 1.807) is 32.0 Å². The zero-order valence-electron chi connectivity index (χ0n) is 16.4. The average Bonchev–Trinajstić information content (AvgIpc) is 3.33. The van der Waals surface area contributed by atoms with Crippen LogP contribution in [0.25, 0.3) is 11.5 Å². The third-order valence-corrected chi connectivity index (χ3v) is 5.10. The molecule has 0 saturated carbocycles. The van der Waals surface area contributed by atoms with Crippen molar-refractivity contribution >= 4 is 23.2 Å². The lowest BCUT2D eigenvalue weighted by Gasteiger charge is -2.21. The molecular weight excluding hydrogens is 393 g/mol. The highest BCUT2D eigenvalue weighted by molar-refractivity contribution is 7.09. The molecule has 3 rings (SSSR count). The summed E-state index contributed by atoms with van der Waals surface area (Å²) in [4.78, 5) is 29.4. The maximum atomic E-state index is 13.8. The third-order valence-electron chi connectivity index (χ3n) is 4.32. The molecule has 2 heterocycles. The van der Waals surface area contributed by atoms with Gasteiger partial charge in [-0.05, 0) is 37.1 Å². The largest absolute Gasteiger partial charge is 0.458 e. The monoisotopic (exact) mass is 415 g/mol. The molecule has 0 radical (unpaired) electrons. The summed E-state index contributed by atoms with van der Waals surface area (Å²) in [7, 11) is 0. The van der Waals surface area contributed by atoms with Crippen LogP contribution in [0.2, 0.25) is 0 Å². The first-order valence-corrected chi connectivity index (χ1v) is 10.1. The van der Waals surface area contributed by atoms with Crippen LogP contribution in [-0.4, -0.2) is 22.8 Å². The van der Waals surface area contributed by atoms with Gasteiger partial charge in [-0.1, -0.05) is 26.0 Å². The molecule has 8 heteroatoms. The quantitative estimate of drug-likeness (QED) is 0.613.